The fourth-order valence-corrected chi connectivity index (χ4v) is 2.24. The number of halogens is 1. The molecule has 4 nitrogen and oxygen atoms in total. The summed E-state index contributed by atoms with van der Waals surface area (Å²) in [5.74, 6) is -0.648. The standard InChI is InChI=1S/C18H21FN2O2/c1-21(10-11-22)9-8-14-4-2-5-15(12-14)18(23)20-17-7-3-6-16(19)13-17/h2-7,12-13,22H,8-11H2,1H3,(H,20,23). The van der Waals surface area contributed by atoms with Crippen molar-refractivity contribution in [3.63, 3.8) is 0 Å². The number of likely N-dealkylation sites (N-methyl/N-ethyl adjacent to an activating group) is 1. The number of anilines is 1. The van der Waals surface area contributed by atoms with Crippen LogP contribution in [0.1, 0.15) is 15.9 Å². The third-order valence-electron chi connectivity index (χ3n) is 3.54. The van der Waals surface area contributed by atoms with Crippen LogP contribution in [0.4, 0.5) is 10.1 Å². The van der Waals surface area contributed by atoms with Gasteiger partial charge in [-0.05, 0) is 49.4 Å². The van der Waals surface area contributed by atoms with Crippen molar-refractivity contribution in [2.75, 3.05) is 32.1 Å². The Bertz CT molecular complexity index is 661. The molecule has 0 radical (unpaired) electrons. The van der Waals surface area contributed by atoms with Gasteiger partial charge in [0.25, 0.3) is 5.91 Å². The molecule has 1 amide bonds. The van der Waals surface area contributed by atoms with Gasteiger partial charge in [0.05, 0.1) is 6.61 Å². The minimum atomic E-state index is -0.386. The highest BCUT2D eigenvalue weighted by molar-refractivity contribution is 6.04. The summed E-state index contributed by atoms with van der Waals surface area (Å²) in [6, 6.07) is 13.2. The van der Waals surface area contributed by atoms with E-state index in [-0.39, 0.29) is 18.3 Å². The first kappa shape index (κ1) is 17.1. The number of hydrogen-bond acceptors (Lipinski definition) is 3. The largest absolute Gasteiger partial charge is 0.395 e. The fourth-order valence-electron chi connectivity index (χ4n) is 2.24. The van der Waals surface area contributed by atoms with Crippen molar-refractivity contribution in [1.82, 2.24) is 4.90 Å². The van der Waals surface area contributed by atoms with Crippen molar-refractivity contribution in [1.29, 1.82) is 0 Å². The molecule has 23 heavy (non-hydrogen) atoms. The van der Waals surface area contributed by atoms with Gasteiger partial charge in [0, 0.05) is 24.3 Å². The first-order valence-corrected chi connectivity index (χ1v) is 7.54. The van der Waals surface area contributed by atoms with Crippen molar-refractivity contribution < 1.29 is 14.3 Å². The van der Waals surface area contributed by atoms with Gasteiger partial charge in [0.2, 0.25) is 0 Å². The molecule has 0 saturated carbocycles. The molecule has 0 aliphatic rings. The van der Waals surface area contributed by atoms with Gasteiger partial charge in [0.15, 0.2) is 0 Å². The molecule has 122 valence electrons. The molecule has 2 rings (SSSR count). The molecular formula is C18H21FN2O2. The van der Waals surface area contributed by atoms with E-state index in [1.165, 1.54) is 12.1 Å². The van der Waals surface area contributed by atoms with Gasteiger partial charge in [-0.25, -0.2) is 4.39 Å². The molecule has 2 aromatic rings. The Morgan fingerprint density at radius 1 is 1.17 bits per heavy atom. The quantitative estimate of drug-likeness (QED) is 0.825. The highest BCUT2D eigenvalue weighted by atomic mass is 19.1. The van der Waals surface area contributed by atoms with E-state index in [9.17, 15) is 9.18 Å². The summed E-state index contributed by atoms with van der Waals surface area (Å²) in [6.07, 6.45) is 0.789. The van der Waals surface area contributed by atoms with E-state index >= 15 is 0 Å². The number of aliphatic hydroxyl groups is 1. The molecule has 0 bridgehead atoms. The Labute approximate surface area is 135 Å². The van der Waals surface area contributed by atoms with Gasteiger partial charge < -0.3 is 15.3 Å². The van der Waals surface area contributed by atoms with Gasteiger partial charge >= 0.3 is 0 Å². The number of amides is 1. The van der Waals surface area contributed by atoms with Gasteiger partial charge in [0.1, 0.15) is 5.82 Å². The van der Waals surface area contributed by atoms with Crippen LogP contribution in [-0.2, 0) is 6.42 Å². The topological polar surface area (TPSA) is 52.6 Å². The van der Waals surface area contributed by atoms with Crippen molar-refractivity contribution in [3.8, 4) is 0 Å². The maximum atomic E-state index is 13.1. The number of nitrogens with zero attached hydrogens (tertiary/aromatic N) is 1. The first-order valence-electron chi connectivity index (χ1n) is 7.54. The SMILES string of the molecule is CN(CCO)CCc1cccc(C(=O)Nc2cccc(F)c2)c1. The molecule has 0 unspecified atom stereocenters. The van der Waals surface area contributed by atoms with Crippen LogP contribution in [0.2, 0.25) is 0 Å². The van der Waals surface area contributed by atoms with Crippen LogP contribution in [0.25, 0.3) is 0 Å². The smallest absolute Gasteiger partial charge is 0.255 e. The van der Waals surface area contributed by atoms with Crippen LogP contribution in [0.5, 0.6) is 0 Å². The van der Waals surface area contributed by atoms with E-state index in [4.69, 9.17) is 5.11 Å². The highest BCUT2D eigenvalue weighted by Gasteiger charge is 2.08. The zero-order chi connectivity index (χ0) is 16.7. The van der Waals surface area contributed by atoms with E-state index in [1.807, 2.05) is 30.1 Å². The number of benzene rings is 2. The lowest BCUT2D eigenvalue weighted by molar-refractivity contribution is 0.102. The average molecular weight is 316 g/mol. The normalized spacial score (nSPS) is 10.8. The van der Waals surface area contributed by atoms with Crippen LogP contribution in [0, 0.1) is 5.82 Å². The van der Waals surface area contributed by atoms with E-state index in [1.54, 1.807) is 18.2 Å². The van der Waals surface area contributed by atoms with E-state index in [0.29, 0.717) is 17.8 Å². The lowest BCUT2D eigenvalue weighted by Gasteiger charge is -2.15. The average Bonchev–Trinajstić information content (AvgIpc) is 2.53. The second-order valence-corrected chi connectivity index (χ2v) is 5.44. The number of nitrogens with one attached hydrogen (secondary N) is 1. The minimum Gasteiger partial charge on any atom is -0.395 e. The molecule has 0 spiro atoms. The maximum Gasteiger partial charge on any atom is 0.255 e. The molecule has 0 aliphatic heterocycles. The monoisotopic (exact) mass is 316 g/mol. The zero-order valence-corrected chi connectivity index (χ0v) is 13.1. The predicted octanol–water partition coefficient (Wildman–Crippen LogP) is 2.54. The Hall–Kier alpha value is -2.24. The van der Waals surface area contributed by atoms with E-state index < -0.39 is 0 Å². The molecule has 0 heterocycles. The zero-order valence-electron chi connectivity index (χ0n) is 13.1. The van der Waals surface area contributed by atoms with Crippen LogP contribution in [-0.4, -0.2) is 42.7 Å². The van der Waals surface area contributed by atoms with Gasteiger partial charge in [-0.1, -0.05) is 18.2 Å². The third-order valence-corrected chi connectivity index (χ3v) is 3.54. The summed E-state index contributed by atoms with van der Waals surface area (Å²) in [7, 11) is 1.94. The number of carbonyl (C=O) groups is 1. The van der Waals surface area contributed by atoms with Gasteiger partial charge in [-0.3, -0.25) is 4.79 Å². The van der Waals surface area contributed by atoms with Crippen LogP contribution >= 0.6 is 0 Å². The molecular weight excluding hydrogens is 295 g/mol. The van der Waals surface area contributed by atoms with E-state index in [2.05, 4.69) is 5.32 Å². The number of carbonyl (C=O) groups excluding carboxylic acids is 1. The number of aliphatic hydroxyl groups excluding tert-OH is 1. The van der Waals surface area contributed by atoms with Crippen LogP contribution < -0.4 is 5.32 Å². The Morgan fingerprint density at radius 3 is 2.70 bits per heavy atom. The maximum absolute atomic E-state index is 13.1. The first-order chi connectivity index (χ1) is 11.1. The van der Waals surface area contributed by atoms with Gasteiger partial charge in [-0.15, -0.1) is 0 Å². The predicted molar refractivity (Wildman–Crippen MR) is 89.1 cm³/mol. The van der Waals surface area contributed by atoms with E-state index in [0.717, 1.165) is 18.5 Å². The molecule has 2 N–H and O–H groups in total. The molecule has 0 atom stereocenters. The van der Waals surface area contributed by atoms with Crippen molar-refractivity contribution in [2.24, 2.45) is 0 Å². The van der Waals surface area contributed by atoms with Crippen molar-refractivity contribution >= 4 is 11.6 Å². The lowest BCUT2D eigenvalue weighted by Crippen LogP contribution is -2.24. The third kappa shape index (κ3) is 5.47. The molecule has 0 aromatic heterocycles. The molecule has 5 heteroatoms. The highest BCUT2D eigenvalue weighted by Crippen LogP contribution is 2.12. The molecule has 0 saturated heterocycles. The Kier molecular flexibility index (Phi) is 6.26. The Morgan fingerprint density at radius 2 is 1.96 bits per heavy atom. The summed E-state index contributed by atoms with van der Waals surface area (Å²) in [5.41, 5.74) is 2.02. The number of rotatable bonds is 7. The fraction of sp³-hybridized carbons (Fsp3) is 0.278. The molecule has 0 fully saturated rings. The minimum absolute atomic E-state index is 0.132. The lowest BCUT2D eigenvalue weighted by atomic mass is 10.1. The van der Waals surface area contributed by atoms with Crippen LogP contribution in [0.3, 0.4) is 0 Å². The summed E-state index contributed by atoms with van der Waals surface area (Å²) >= 11 is 0. The van der Waals surface area contributed by atoms with Crippen LogP contribution in [0.15, 0.2) is 48.5 Å². The van der Waals surface area contributed by atoms with Crippen molar-refractivity contribution in [2.45, 2.75) is 6.42 Å². The summed E-state index contributed by atoms with van der Waals surface area (Å²) in [6.45, 7) is 1.56. The number of hydrogen-bond donors (Lipinski definition) is 2. The molecule has 2 aromatic carbocycles. The summed E-state index contributed by atoms with van der Waals surface area (Å²) in [4.78, 5) is 14.3. The summed E-state index contributed by atoms with van der Waals surface area (Å²) in [5, 5.41) is 11.6. The molecule has 0 aliphatic carbocycles. The second kappa shape index (κ2) is 8.41. The summed E-state index contributed by atoms with van der Waals surface area (Å²) < 4.78 is 13.1. The Balaban J connectivity index is 1.99. The van der Waals surface area contributed by atoms with Gasteiger partial charge in [-0.2, -0.15) is 0 Å². The van der Waals surface area contributed by atoms with Crippen molar-refractivity contribution in [3.05, 3.63) is 65.5 Å². The second-order valence-electron chi connectivity index (χ2n) is 5.44.